The van der Waals surface area contributed by atoms with Gasteiger partial charge in [0, 0.05) is 39.5 Å². The van der Waals surface area contributed by atoms with E-state index in [1.165, 1.54) is 12.1 Å². The number of hydrogen-bond donors (Lipinski definition) is 1. The number of methoxy groups -OCH3 is 1. The van der Waals surface area contributed by atoms with Crippen molar-refractivity contribution >= 4 is 34.1 Å². The smallest absolute Gasteiger partial charge is 0.256 e. The number of carbonyl (C=O) groups is 1. The highest BCUT2D eigenvalue weighted by molar-refractivity contribution is 6.35. The van der Waals surface area contributed by atoms with Crippen LogP contribution in [0.4, 0.5) is 10.1 Å². The zero-order chi connectivity index (χ0) is 22.1. The SMILES string of the molecule is COc1ccccc1OCCn1cc(C=C2C(=O)Nc3ccc(F)cc32)c2ccccc21. The molecule has 6 heteroatoms. The molecule has 32 heavy (non-hydrogen) atoms. The van der Waals surface area contributed by atoms with Crippen LogP contribution in [0.1, 0.15) is 11.1 Å². The highest BCUT2D eigenvalue weighted by Crippen LogP contribution is 2.35. The maximum atomic E-state index is 13.8. The number of nitrogens with zero attached hydrogens (tertiary/aromatic N) is 1. The second-order valence-corrected chi connectivity index (χ2v) is 7.50. The van der Waals surface area contributed by atoms with Gasteiger partial charge in [0.1, 0.15) is 12.4 Å². The molecule has 0 bridgehead atoms. The van der Waals surface area contributed by atoms with E-state index in [-0.39, 0.29) is 11.7 Å². The molecule has 1 amide bonds. The third-order valence-electron chi connectivity index (χ3n) is 5.54. The number of carbonyl (C=O) groups excluding carboxylic acids is 1. The van der Waals surface area contributed by atoms with Gasteiger partial charge < -0.3 is 19.4 Å². The predicted octanol–water partition coefficient (Wildman–Crippen LogP) is 5.36. The molecule has 160 valence electrons. The number of para-hydroxylation sites is 3. The predicted molar refractivity (Wildman–Crippen MR) is 123 cm³/mol. The molecule has 0 unspecified atom stereocenters. The van der Waals surface area contributed by atoms with Crippen LogP contribution in [0.2, 0.25) is 0 Å². The molecule has 1 N–H and O–H groups in total. The molecule has 0 saturated heterocycles. The van der Waals surface area contributed by atoms with Crippen LogP contribution in [0.3, 0.4) is 0 Å². The highest BCUT2D eigenvalue weighted by atomic mass is 19.1. The van der Waals surface area contributed by atoms with Gasteiger partial charge >= 0.3 is 0 Å². The highest BCUT2D eigenvalue weighted by Gasteiger charge is 2.25. The Hall–Kier alpha value is -4.06. The van der Waals surface area contributed by atoms with E-state index in [4.69, 9.17) is 9.47 Å². The van der Waals surface area contributed by atoms with Gasteiger partial charge in [-0.25, -0.2) is 4.39 Å². The summed E-state index contributed by atoms with van der Waals surface area (Å²) in [6.45, 7) is 1.06. The average molecular weight is 428 g/mol. The molecule has 0 saturated carbocycles. The number of halogens is 1. The molecule has 0 fully saturated rings. The molecule has 1 aliphatic rings. The van der Waals surface area contributed by atoms with Crippen molar-refractivity contribution in [3.8, 4) is 11.5 Å². The maximum Gasteiger partial charge on any atom is 0.256 e. The summed E-state index contributed by atoms with van der Waals surface area (Å²) in [6.07, 6.45) is 3.81. The fourth-order valence-electron chi connectivity index (χ4n) is 4.03. The Morgan fingerprint density at radius 1 is 1.03 bits per heavy atom. The van der Waals surface area contributed by atoms with Gasteiger partial charge in [0.15, 0.2) is 11.5 Å². The Morgan fingerprint density at radius 2 is 1.81 bits per heavy atom. The van der Waals surface area contributed by atoms with E-state index in [1.54, 1.807) is 13.2 Å². The van der Waals surface area contributed by atoms with Crippen molar-refractivity contribution in [2.45, 2.75) is 6.54 Å². The molecule has 3 aromatic carbocycles. The van der Waals surface area contributed by atoms with E-state index in [1.807, 2.05) is 60.8 Å². The van der Waals surface area contributed by atoms with E-state index in [0.29, 0.717) is 41.5 Å². The van der Waals surface area contributed by atoms with E-state index in [9.17, 15) is 9.18 Å². The topological polar surface area (TPSA) is 52.5 Å². The Bertz CT molecular complexity index is 1360. The third-order valence-corrected chi connectivity index (χ3v) is 5.54. The Morgan fingerprint density at radius 3 is 2.66 bits per heavy atom. The van der Waals surface area contributed by atoms with Crippen LogP contribution in [-0.4, -0.2) is 24.2 Å². The average Bonchev–Trinajstić information content (AvgIpc) is 3.31. The molecule has 4 aromatic rings. The summed E-state index contributed by atoms with van der Waals surface area (Å²) in [4.78, 5) is 12.5. The molecular weight excluding hydrogens is 407 g/mol. The maximum absolute atomic E-state index is 13.8. The van der Waals surface area contributed by atoms with Crippen LogP contribution < -0.4 is 14.8 Å². The van der Waals surface area contributed by atoms with Gasteiger partial charge in [0.05, 0.1) is 13.7 Å². The lowest BCUT2D eigenvalue weighted by atomic mass is 10.0. The largest absolute Gasteiger partial charge is 0.493 e. The van der Waals surface area contributed by atoms with E-state index in [2.05, 4.69) is 9.88 Å². The molecule has 0 spiro atoms. The van der Waals surface area contributed by atoms with Gasteiger partial charge in [0.25, 0.3) is 5.91 Å². The van der Waals surface area contributed by atoms with Crippen molar-refractivity contribution in [1.82, 2.24) is 4.57 Å². The summed E-state index contributed by atoms with van der Waals surface area (Å²) in [6, 6.07) is 19.8. The second kappa shape index (κ2) is 8.23. The first-order valence-corrected chi connectivity index (χ1v) is 10.3. The number of rotatable bonds is 6. The minimum Gasteiger partial charge on any atom is -0.493 e. The van der Waals surface area contributed by atoms with Gasteiger partial charge in [-0.15, -0.1) is 0 Å². The number of ether oxygens (including phenoxy) is 2. The Labute approximate surface area is 184 Å². The second-order valence-electron chi connectivity index (χ2n) is 7.50. The van der Waals surface area contributed by atoms with Crippen LogP contribution in [0.25, 0.3) is 22.6 Å². The molecule has 5 rings (SSSR count). The lowest BCUT2D eigenvalue weighted by Gasteiger charge is -2.11. The summed E-state index contributed by atoms with van der Waals surface area (Å²) in [5, 5.41) is 3.81. The fraction of sp³-hybridized carbons (Fsp3) is 0.115. The van der Waals surface area contributed by atoms with Crippen LogP contribution >= 0.6 is 0 Å². The number of nitrogens with one attached hydrogen (secondary N) is 1. The van der Waals surface area contributed by atoms with Gasteiger partial charge in [-0.1, -0.05) is 30.3 Å². The lowest BCUT2D eigenvalue weighted by molar-refractivity contribution is -0.110. The molecule has 0 radical (unpaired) electrons. The van der Waals surface area contributed by atoms with Crippen molar-refractivity contribution in [1.29, 1.82) is 0 Å². The molecule has 5 nitrogen and oxygen atoms in total. The van der Waals surface area contributed by atoms with Crippen LogP contribution in [0, 0.1) is 5.82 Å². The molecule has 2 heterocycles. The van der Waals surface area contributed by atoms with Crippen LogP contribution in [0.15, 0.2) is 72.9 Å². The summed E-state index contributed by atoms with van der Waals surface area (Å²) in [5.41, 5.74) is 3.57. The zero-order valence-electron chi connectivity index (χ0n) is 17.5. The summed E-state index contributed by atoms with van der Waals surface area (Å²) in [7, 11) is 1.62. The summed E-state index contributed by atoms with van der Waals surface area (Å²) in [5.74, 6) is 0.771. The van der Waals surface area contributed by atoms with Crippen LogP contribution in [0.5, 0.6) is 11.5 Å². The number of amides is 1. The first-order valence-electron chi connectivity index (χ1n) is 10.3. The van der Waals surface area contributed by atoms with E-state index in [0.717, 1.165) is 16.5 Å². The Kier molecular flexibility index (Phi) is 5.11. The molecule has 0 aliphatic carbocycles. The number of fused-ring (bicyclic) bond motifs is 2. The van der Waals surface area contributed by atoms with Crippen molar-refractivity contribution in [3.63, 3.8) is 0 Å². The van der Waals surface area contributed by atoms with Gasteiger partial charge in [-0.2, -0.15) is 0 Å². The number of hydrogen-bond acceptors (Lipinski definition) is 3. The van der Waals surface area contributed by atoms with Crippen molar-refractivity contribution in [3.05, 3.63) is 89.9 Å². The van der Waals surface area contributed by atoms with Gasteiger partial charge in [0.2, 0.25) is 0 Å². The van der Waals surface area contributed by atoms with Crippen molar-refractivity contribution in [2.24, 2.45) is 0 Å². The monoisotopic (exact) mass is 428 g/mol. The van der Waals surface area contributed by atoms with E-state index < -0.39 is 0 Å². The number of aromatic nitrogens is 1. The summed E-state index contributed by atoms with van der Waals surface area (Å²) < 4.78 is 27.2. The quantitative estimate of drug-likeness (QED) is 0.421. The van der Waals surface area contributed by atoms with Crippen molar-refractivity contribution < 1.29 is 18.7 Å². The number of benzene rings is 3. The minimum atomic E-state index is -0.373. The van der Waals surface area contributed by atoms with Gasteiger partial charge in [-0.05, 0) is 42.5 Å². The standard InChI is InChI=1S/C26H21FN2O3/c1-31-24-8-4-5-9-25(24)32-13-12-29-16-17(19-6-2-3-7-23(19)29)14-21-20-15-18(27)10-11-22(20)28-26(21)30/h2-11,14-16H,12-13H2,1H3,(H,28,30). The molecule has 1 aromatic heterocycles. The minimum absolute atomic E-state index is 0.234. The van der Waals surface area contributed by atoms with Crippen LogP contribution in [-0.2, 0) is 11.3 Å². The van der Waals surface area contributed by atoms with E-state index >= 15 is 0 Å². The lowest BCUT2D eigenvalue weighted by Crippen LogP contribution is -2.07. The third kappa shape index (κ3) is 3.60. The zero-order valence-corrected chi connectivity index (χ0v) is 17.5. The van der Waals surface area contributed by atoms with Crippen molar-refractivity contribution in [2.75, 3.05) is 19.0 Å². The normalized spacial score (nSPS) is 13.9. The number of anilines is 1. The Balaban J connectivity index is 1.46. The molecule has 0 atom stereocenters. The van der Waals surface area contributed by atoms with Gasteiger partial charge in [-0.3, -0.25) is 4.79 Å². The molecular formula is C26H21FN2O3. The first-order chi connectivity index (χ1) is 15.6. The summed E-state index contributed by atoms with van der Waals surface area (Å²) >= 11 is 0. The molecule has 1 aliphatic heterocycles. The first kappa shape index (κ1) is 19.9. The fourth-order valence-corrected chi connectivity index (χ4v) is 4.03.